The molecule has 2 rings (SSSR count). The first-order chi connectivity index (χ1) is 11.2. The molecule has 1 heterocycles. The van der Waals surface area contributed by atoms with Crippen molar-refractivity contribution in [1.82, 2.24) is 0 Å². The van der Waals surface area contributed by atoms with Crippen LogP contribution in [0.5, 0.6) is 0 Å². The van der Waals surface area contributed by atoms with E-state index < -0.39 is 14.1 Å². The summed E-state index contributed by atoms with van der Waals surface area (Å²) < 4.78 is 19.2. The Balaban J connectivity index is 2.37. The van der Waals surface area contributed by atoms with Crippen LogP contribution in [0.25, 0.3) is 0 Å². The number of ether oxygens (including phenoxy) is 2. The molecule has 1 saturated carbocycles. The first-order valence-corrected chi connectivity index (χ1v) is 12.5. The molecular weight excluding hydrogens is 330 g/mol. The van der Waals surface area contributed by atoms with Gasteiger partial charge in [0.05, 0.1) is 24.9 Å². The highest BCUT2D eigenvalue weighted by Crippen LogP contribution is 2.58. The van der Waals surface area contributed by atoms with Crippen LogP contribution < -0.4 is 0 Å². The van der Waals surface area contributed by atoms with Gasteiger partial charge in [0, 0.05) is 17.3 Å². The van der Waals surface area contributed by atoms with Gasteiger partial charge < -0.3 is 13.9 Å². The van der Waals surface area contributed by atoms with Crippen molar-refractivity contribution >= 4 is 8.32 Å². The van der Waals surface area contributed by atoms with E-state index in [0.717, 1.165) is 12.8 Å². The Morgan fingerprint density at radius 2 is 1.76 bits per heavy atom. The van der Waals surface area contributed by atoms with Gasteiger partial charge >= 0.3 is 0 Å². The highest BCUT2D eigenvalue weighted by atomic mass is 28.4. The van der Waals surface area contributed by atoms with Crippen LogP contribution in [0.4, 0.5) is 0 Å². The van der Waals surface area contributed by atoms with Crippen LogP contribution in [-0.2, 0) is 13.9 Å². The smallest absolute Gasteiger partial charge is 0.192 e. The molecule has 1 aliphatic carbocycles. The highest BCUT2D eigenvalue weighted by molar-refractivity contribution is 6.74. The molecule has 0 amide bonds. The van der Waals surface area contributed by atoms with Crippen molar-refractivity contribution in [2.45, 2.75) is 104 Å². The molecular formula is C20H37NO3Si. The monoisotopic (exact) mass is 367 g/mol. The molecule has 0 unspecified atom stereocenters. The SMILES string of the molecule is CC1(C)OC[C@]2(C)[C@@H](CC[C@@H](O[Si](C)(C)C(C)(C)C)[C@]2(C)CC#N)O1. The third-order valence-corrected chi connectivity index (χ3v) is 11.7. The van der Waals surface area contributed by atoms with Gasteiger partial charge in [0.25, 0.3) is 0 Å². The van der Waals surface area contributed by atoms with Crippen LogP contribution in [0.1, 0.15) is 67.7 Å². The molecule has 1 saturated heterocycles. The third-order valence-electron chi connectivity index (χ3n) is 7.25. The lowest BCUT2D eigenvalue weighted by molar-refractivity contribution is -0.350. The number of hydrogen-bond acceptors (Lipinski definition) is 4. The van der Waals surface area contributed by atoms with Crippen LogP contribution >= 0.6 is 0 Å². The molecule has 144 valence electrons. The maximum absolute atomic E-state index is 9.59. The van der Waals surface area contributed by atoms with E-state index in [4.69, 9.17) is 13.9 Å². The van der Waals surface area contributed by atoms with E-state index in [-0.39, 0.29) is 28.1 Å². The van der Waals surface area contributed by atoms with Gasteiger partial charge in [0.1, 0.15) is 0 Å². The lowest BCUT2D eigenvalue weighted by Gasteiger charge is -2.61. The van der Waals surface area contributed by atoms with Gasteiger partial charge in [-0.3, -0.25) is 0 Å². The number of hydrogen-bond donors (Lipinski definition) is 0. The first-order valence-electron chi connectivity index (χ1n) is 9.55. The van der Waals surface area contributed by atoms with Crippen molar-refractivity contribution in [3.05, 3.63) is 0 Å². The number of nitriles is 1. The minimum Gasteiger partial charge on any atom is -0.413 e. The van der Waals surface area contributed by atoms with E-state index in [1.54, 1.807) is 0 Å². The van der Waals surface area contributed by atoms with E-state index in [2.05, 4.69) is 53.8 Å². The molecule has 0 spiro atoms. The molecule has 25 heavy (non-hydrogen) atoms. The van der Waals surface area contributed by atoms with Gasteiger partial charge in [-0.1, -0.05) is 34.6 Å². The zero-order chi connectivity index (χ0) is 19.3. The van der Waals surface area contributed by atoms with Crippen molar-refractivity contribution in [2.75, 3.05) is 6.61 Å². The van der Waals surface area contributed by atoms with E-state index in [9.17, 15) is 5.26 Å². The average Bonchev–Trinajstić information content (AvgIpc) is 2.44. The fourth-order valence-electron chi connectivity index (χ4n) is 4.02. The normalized spacial score (nSPS) is 38.7. The van der Waals surface area contributed by atoms with Crippen LogP contribution in [0.2, 0.25) is 18.1 Å². The summed E-state index contributed by atoms with van der Waals surface area (Å²) in [7, 11) is -1.92. The van der Waals surface area contributed by atoms with Gasteiger partial charge in [-0.05, 0) is 44.8 Å². The molecule has 4 atom stereocenters. The summed E-state index contributed by atoms with van der Waals surface area (Å²) in [4.78, 5) is 0. The van der Waals surface area contributed by atoms with E-state index in [1.807, 2.05) is 13.8 Å². The molecule has 0 N–H and O–H groups in total. The van der Waals surface area contributed by atoms with Gasteiger partial charge in [0.15, 0.2) is 14.1 Å². The maximum atomic E-state index is 9.59. The Kier molecular flexibility index (Phi) is 5.29. The number of fused-ring (bicyclic) bond motifs is 1. The zero-order valence-corrected chi connectivity index (χ0v) is 18.7. The van der Waals surface area contributed by atoms with E-state index in [1.165, 1.54) is 0 Å². The fraction of sp³-hybridized carbons (Fsp3) is 0.950. The Bertz CT molecular complexity index is 548. The Morgan fingerprint density at radius 3 is 2.28 bits per heavy atom. The quantitative estimate of drug-likeness (QED) is 0.639. The van der Waals surface area contributed by atoms with Crippen molar-refractivity contribution in [3.63, 3.8) is 0 Å². The summed E-state index contributed by atoms with van der Waals surface area (Å²) in [5.74, 6) is -0.551. The predicted octanol–water partition coefficient (Wildman–Crippen LogP) is 5.25. The van der Waals surface area contributed by atoms with Crippen LogP contribution in [0.15, 0.2) is 0 Å². The summed E-state index contributed by atoms with van der Waals surface area (Å²) in [6.45, 7) is 20.4. The lowest BCUT2D eigenvalue weighted by Crippen LogP contribution is -2.66. The predicted molar refractivity (Wildman–Crippen MR) is 103 cm³/mol. The second kappa shape index (κ2) is 6.33. The Hall–Kier alpha value is -0.413. The lowest BCUT2D eigenvalue weighted by atomic mass is 9.53. The molecule has 0 radical (unpaired) electrons. The Labute approximate surface area is 155 Å². The van der Waals surface area contributed by atoms with E-state index in [0.29, 0.717) is 13.0 Å². The molecule has 0 aromatic rings. The van der Waals surface area contributed by atoms with Gasteiger partial charge in [-0.2, -0.15) is 5.26 Å². The van der Waals surface area contributed by atoms with Gasteiger partial charge in [0.2, 0.25) is 0 Å². The maximum Gasteiger partial charge on any atom is 0.192 e. The van der Waals surface area contributed by atoms with Crippen molar-refractivity contribution < 1.29 is 13.9 Å². The Morgan fingerprint density at radius 1 is 1.16 bits per heavy atom. The molecule has 1 aliphatic heterocycles. The zero-order valence-electron chi connectivity index (χ0n) is 17.7. The number of rotatable bonds is 3. The second-order valence-corrected chi connectivity index (χ2v) is 15.2. The van der Waals surface area contributed by atoms with Gasteiger partial charge in [-0.15, -0.1) is 0 Å². The fourth-order valence-corrected chi connectivity index (χ4v) is 5.47. The van der Waals surface area contributed by atoms with Crippen LogP contribution in [-0.4, -0.2) is 32.9 Å². The standard InChI is InChI=1S/C20H37NO3Si/c1-17(2,3)25(8,9)24-16-11-10-15-20(7,19(16,6)12-13-21)14-22-18(4,5)23-15/h15-16H,10-12,14H2,1-9H3/t15-,16-,19+,20-/m1/s1. The molecule has 2 fully saturated rings. The summed E-state index contributed by atoms with van der Waals surface area (Å²) in [5, 5.41) is 9.74. The minimum absolute atomic E-state index is 0.0719. The third kappa shape index (κ3) is 3.56. The van der Waals surface area contributed by atoms with Crippen LogP contribution in [0, 0.1) is 22.2 Å². The van der Waals surface area contributed by atoms with Crippen molar-refractivity contribution in [2.24, 2.45) is 10.8 Å². The number of nitrogens with zero attached hydrogens (tertiary/aromatic N) is 1. The molecule has 5 heteroatoms. The topological polar surface area (TPSA) is 51.5 Å². The molecule has 0 aromatic heterocycles. The summed E-state index contributed by atoms with van der Waals surface area (Å²) in [5.41, 5.74) is -0.500. The second-order valence-electron chi connectivity index (χ2n) is 10.4. The molecule has 2 aliphatic rings. The van der Waals surface area contributed by atoms with E-state index >= 15 is 0 Å². The highest BCUT2D eigenvalue weighted by Gasteiger charge is 2.61. The van der Waals surface area contributed by atoms with Crippen molar-refractivity contribution in [1.29, 1.82) is 5.26 Å². The minimum atomic E-state index is -1.92. The molecule has 0 bridgehead atoms. The van der Waals surface area contributed by atoms with Crippen molar-refractivity contribution in [3.8, 4) is 6.07 Å². The average molecular weight is 368 g/mol. The largest absolute Gasteiger partial charge is 0.413 e. The first kappa shape index (κ1) is 20.9. The molecule has 0 aromatic carbocycles. The molecule has 4 nitrogen and oxygen atoms in total. The van der Waals surface area contributed by atoms with Crippen LogP contribution in [0.3, 0.4) is 0 Å². The summed E-state index contributed by atoms with van der Waals surface area (Å²) in [6, 6.07) is 2.44. The van der Waals surface area contributed by atoms with Gasteiger partial charge in [-0.25, -0.2) is 0 Å². The summed E-state index contributed by atoms with van der Waals surface area (Å²) in [6.07, 6.45) is 2.55. The summed E-state index contributed by atoms with van der Waals surface area (Å²) >= 11 is 0.